The van der Waals surface area contributed by atoms with Gasteiger partial charge < -0.3 is 16.2 Å². The van der Waals surface area contributed by atoms with Gasteiger partial charge in [0.2, 0.25) is 0 Å². The standard InChI is InChI=1S/C11H17N3O2/c1-7(2)14(11(12)16)9-5-4-8(13-3)6-10(9)15/h4-7,13,15H,1-3H3,(H2,12,16). The number of phenols is 1. The van der Waals surface area contributed by atoms with Crippen molar-refractivity contribution in [2.24, 2.45) is 5.73 Å². The first kappa shape index (κ1) is 12.2. The number of amides is 2. The summed E-state index contributed by atoms with van der Waals surface area (Å²) in [7, 11) is 1.75. The number of nitrogens with two attached hydrogens (primary N) is 1. The number of rotatable bonds is 3. The summed E-state index contributed by atoms with van der Waals surface area (Å²) in [5, 5.41) is 12.7. The SMILES string of the molecule is CNc1ccc(N(C(N)=O)C(C)C)c(O)c1. The van der Waals surface area contributed by atoms with Gasteiger partial charge in [-0.1, -0.05) is 0 Å². The number of carbonyl (C=O) groups excluding carboxylic acids is 1. The molecule has 0 spiro atoms. The molecule has 2 amide bonds. The maximum Gasteiger partial charge on any atom is 0.319 e. The number of nitrogens with one attached hydrogen (secondary N) is 1. The third-order valence-corrected chi connectivity index (χ3v) is 2.28. The Balaban J connectivity index is 3.15. The summed E-state index contributed by atoms with van der Waals surface area (Å²) in [6, 6.07) is 4.29. The number of hydrogen-bond acceptors (Lipinski definition) is 3. The number of aromatic hydroxyl groups is 1. The number of nitrogens with zero attached hydrogens (tertiary/aromatic N) is 1. The van der Waals surface area contributed by atoms with Gasteiger partial charge in [0, 0.05) is 24.8 Å². The molecule has 5 heteroatoms. The second-order valence-electron chi connectivity index (χ2n) is 3.76. The Labute approximate surface area is 94.9 Å². The van der Waals surface area contributed by atoms with E-state index in [1.165, 1.54) is 4.90 Å². The van der Waals surface area contributed by atoms with Gasteiger partial charge in [-0.2, -0.15) is 0 Å². The van der Waals surface area contributed by atoms with Crippen LogP contribution in [0.2, 0.25) is 0 Å². The molecule has 0 bridgehead atoms. The fourth-order valence-electron chi connectivity index (χ4n) is 1.53. The Kier molecular flexibility index (Phi) is 3.60. The van der Waals surface area contributed by atoms with Crippen LogP contribution in [-0.2, 0) is 0 Å². The largest absolute Gasteiger partial charge is 0.506 e. The van der Waals surface area contributed by atoms with E-state index >= 15 is 0 Å². The van der Waals surface area contributed by atoms with Crippen molar-refractivity contribution in [2.45, 2.75) is 19.9 Å². The Morgan fingerprint density at radius 2 is 2.12 bits per heavy atom. The highest BCUT2D eigenvalue weighted by molar-refractivity contribution is 5.93. The smallest absolute Gasteiger partial charge is 0.319 e. The van der Waals surface area contributed by atoms with Crippen LogP contribution in [0.25, 0.3) is 0 Å². The molecular weight excluding hydrogens is 206 g/mol. The molecule has 0 saturated heterocycles. The van der Waals surface area contributed by atoms with Crippen LogP contribution in [-0.4, -0.2) is 24.2 Å². The predicted octanol–water partition coefficient (Wildman–Crippen LogP) is 1.73. The van der Waals surface area contributed by atoms with E-state index in [4.69, 9.17) is 5.73 Å². The second-order valence-corrected chi connectivity index (χ2v) is 3.76. The summed E-state index contributed by atoms with van der Waals surface area (Å²) >= 11 is 0. The zero-order valence-corrected chi connectivity index (χ0v) is 9.69. The molecule has 0 aliphatic rings. The number of carbonyl (C=O) groups is 1. The monoisotopic (exact) mass is 223 g/mol. The van der Waals surface area contributed by atoms with Gasteiger partial charge in [0.25, 0.3) is 0 Å². The molecule has 1 aromatic rings. The topological polar surface area (TPSA) is 78.6 Å². The molecule has 16 heavy (non-hydrogen) atoms. The van der Waals surface area contributed by atoms with E-state index in [-0.39, 0.29) is 11.8 Å². The van der Waals surface area contributed by atoms with E-state index in [2.05, 4.69) is 5.32 Å². The average Bonchev–Trinajstić information content (AvgIpc) is 2.19. The van der Waals surface area contributed by atoms with Crippen molar-refractivity contribution in [3.05, 3.63) is 18.2 Å². The summed E-state index contributed by atoms with van der Waals surface area (Å²) in [4.78, 5) is 12.6. The highest BCUT2D eigenvalue weighted by atomic mass is 16.3. The number of phenolic OH excluding ortho intramolecular Hbond substituents is 1. The van der Waals surface area contributed by atoms with Crippen LogP contribution in [0, 0.1) is 0 Å². The van der Waals surface area contributed by atoms with Crippen LogP contribution >= 0.6 is 0 Å². The van der Waals surface area contributed by atoms with Gasteiger partial charge in [-0.3, -0.25) is 4.90 Å². The normalized spacial score (nSPS) is 10.2. The third-order valence-electron chi connectivity index (χ3n) is 2.28. The molecular formula is C11H17N3O2. The van der Waals surface area contributed by atoms with Gasteiger partial charge in [-0.15, -0.1) is 0 Å². The molecule has 0 fully saturated rings. The molecule has 0 unspecified atom stereocenters. The van der Waals surface area contributed by atoms with Crippen molar-refractivity contribution in [2.75, 3.05) is 17.3 Å². The van der Waals surface area contributed by atoms with Crippen LogP contribution in [0.1, 0.15) is 13.8 Å². The second kappa shape index (κ2) is 4.74. The third kappa shape index (κ3) is 2.36. The lowest BCUT2D eigenvalue weighted by molar-refractivity contribution is 0.252. The van der Waals surface area contributed by atoms with Crippen LogP contribution in [0.5, 0.6) is 5.75 Å². The molecule has 1 aromatic carbocycles. The van der Waals surface area contributed by atoms with Gasteiger partial charge >= 0.3 is 6.03 Å². The minimum atomic E-state index is -0.581. The summed E-state index contributed by atoms with van der Waals surface area (Å²) in [6.45, 7) is 3.66. The lowest BCUT2D eigenvalue weighted by Crippen LogP contribution is -2.40. The van der Waals surface area contributed by atoms with Gasteiger partial charge in [0.1, 0.15) is 5.75 Å². The maximum absolute atomic E-state index is 11.3. The van der Waals surface area contributed by atoms with Gasteiger partial charge in [0.15, 0.2) is 0 Å². The minimum Gasteiger partial charge on any atom is -0.506 e. The Morgan fingerprint density at radius 1 is 1.50 bits per heavy atom. The molecule has 0 heterocycles. The highest BCUT2D eigenvalue weighted by Crippen LogP contribution is 2.31. The Hall–Kier alpha value is -1.91. The predicted molar refractivity (Wildman–Crippen MR) is 64.9 cm³/mol. The van der Waals surface area contributed by atoms with Crippen molar-refractivity contribution in [3.8, 4) is 5.75 Å². The summed E-state index contributed by atoms with van der Waals surface area (Å²) < 4.78 is 0. The molecule has 0 aliphatic heterocycles. The number of urea groups is 1. The summed E-state index contributed by atoms with van der Waals surface area (Å²) in [6.07, 6.45) is 0. The molecule has 0 radical (unpaired) electrons. The lowest BCUT2D eigenvalue weighted by atomic mass is 10.2. The molecule has 88 valence electrons. The molecule has 5 nitrogen and oxygen atoms in total. The Bertz CT molecular complexity index is 391. The molecule has 1 rings (SSSR count). The minimum absolute atomic E-state index is 0.0272. The van der Waals surface area contributed by atoms with Crippen molar-refractivity contribution < 1.29 is 9.90 Å². The zero-order chi connectivity index (χ0) is 12.3. The zero-order valence-electron chi connectivity index (χ0n) is 9.69. The Morgan fingerprint density at radius 3 is 2.50 bits per heavy atom. The van der Waals surface area contributed by atoms with E-state index in [0.717, 1.165) is 5.69 Å². The number of benzene rings is 1. The molecule has 0 aliphatic carbocycles. The average molecular weight is 223 g/mol. The van der Waals surface area contributed by atoms with Crippen molar-refractivity contribution in [1.82, 2.24) is 0 Å². The van der Waals surface area contributed by atoms with Crippen molar-refractivity contribution in [3.63, 3.8) is 0 Å². The molecule has 0 aromatic heterocycles. The van der Waals surface area contributed by atoms with Crippen LogP contribution in [0.3, 0.4) is 0 Å². The molecule has 0 saturated carbocycles. The fraction of sp³-hybridized carbons (Fsp3) is 0.364. The lowest BCUT2D eigenvalue weighted by Gasteiger charge is -2.25. The van der Waals surface area contributed by atoms with E-state index in [0.29, 0.717) is 5.69 Å². The first-order chi connectivity index (χ1) is 7.47. The number of hydrogen-bond donors (Lipinski definition) is 3. The van der Waals surface area contributed by atoms with Crippen LogP contribution in [0.15, 0.2) is 18.2 Å². The summed E-state index contributed by atoms with van der Waals surface area (Å²) in [5.74, 6) is 0.0272. The molecule has 0 atom stereocenters. The van der Waals surface area contributed by atoms with Gasteiger partial charge in [0.05, 0.1) is 5.69 Å². The van der Waals surface area contributed by atoms with Gasteiger partial charge in [-0.25, -0.2) is 4.79 Å². The molecule has 4 N–H and O–H groups in total. The van der Waals surface area contributed by atoms with Gasteiger partial charge in [-0.05, 0) is 26.0 Å². The quantitative estimate of drug-likeness (QED) is 0.730. The van der Waals surface area contributed by atoms with E-state index < -0.39 is 6.03 Å². The van der Waals surface area contributed by atoms with E-state index in [1.54, 1.807) is 25.2 Å². The highest BCUT2D eigenvalue weighted by Gasteiger charge is 2.19. The van der Waals surface area contributed by atoms with Crippen LogP contribution < -0.4 is 16.0 Å². The first-order valence-electron chi connectivity index (χ1n) is 5.06. The van der Waals surface area contributed by atoms with Crippen molar-refractivity contribution in [1.29, 1.82) is 0 Å². The maximum atomic E-state index is 11.3. The fourth-order valence-corrected chi connectivity index (χ4v) is 1.53. The summed E-state index contributed by atoms with van der Waals surface area (Å²) in [5.41, 5.74) is 6.46. The first-order valence-corrected chi connectivity index (χ1v) is 5.06. The van der Waals surface area contributed by atoms with E-state index in [1.807, 2.05) is 13.8 Å². The number of anilines is 2. The van der Waals surface area contributed by atoms with E-state index in [9.17, 15) is 9.90 Å². The number of primary amides is 1. The van der Waals surface area contributed by atoms with Crippen LogP contribution in [0.4, 0.5) is 16.2 Å². The van der Waals surface area contributed by atoms with Crippen molar-refractivity contribution >= 4 is 17.4 Å².